The largest absolute Gasteiger partial charge is 0.225 e. The summed E-state index contributed by atoms with van der Waals surface area (Å²) in [5, 5.41) is 24.5. The first kappa shape index (κ1) is 23.2. The number of benzene rings is 2. The van der Waals surface area contributed by atoms with Crippen molar-refractivity contribution in [3.8, 4) is 0 Å². The Labute approximate surface area is 200 Å². The first-order valence-electron chi connectivity index (χ1n) is 11.7. The van der Waals surface area contributed by atoms with Crippen molar-refractivity contribution in [2.75, 3.05) is 0 Å². The van der Waals surface area contributed by atoms with Gasteiger partial charge in [0, 0.05) is 12.8 Å². The summed E-state index contributed by atoms with van der Waals surface area (Å²) in [5.41, 5.74) is 4.57. The van der Waals surface area contributed by atoms with Gasteiger partial charge in [-0.25, -0.2) is 9.36 Å². The van der Waals surface area contributed by atoms with Crippen LogP contribution in [0.2, 0.25) is 0 Å². The molecule has 2 heterocycles. The van der Waals surface area contributed by atoms with E-state index in [0.29, 0.717) is 13.1 Å². The Kier molecular flexibility index (Phi) is 8.05. The lowest BCUT2D eigenvalue weighted by Crippen LogP contribution is -2.08. The molecule has 0 saturated heterocycles. The molecule has 0 atom stereocenters. The second-order valence-electron chi connectivity index (χ2n) is 8.31. The Morgan fingerprint density at radius 1 is 0.588 bits per heavy atom. The normalized spacial score (nSPS) is 10.9. The van der Waals surface area contributed by atoms with Gasteiger partial charge in [0.15, 0.2) is 11.6 Å². The van der Waals surface area contributed by atoms with E-state index in [-0.39, 0.29) is 0 Å². The van der Waals surface area contributed by atoms with Gasteiger partial charge in [-0.15, -0.1) is 10.2 Å². The van der Waals surface area contributed by atoms with Gasteiger partial charge in [0.05, 0.1) is 13.1 Å². The number of rotatable bonds is 13. The van der Waals surface area contributed by atoms with E-state index in [1.807, 2.05) is 21.5 Å². The van der Waals surface area contributed by atoms with Crippen molar-refractivity contribution in [2.45, 2.75) is 51.6 Å². The molecule has 174 valence electrons. The number of hydrogen-bond donors (Lipinski definition) is 0. The number of unbranched alkanes of at least 4 members (excludes halogenated alkanes) is 3. The molecule has 0 fully saturated rings. The minimum absolute atomic E-state index is 0.679. The van der Waals surface area contributed by atoms with Crippen LogP contribution >= 0.6 is 0 Å². The Balaban J connectivity index is 1.18. The fourth-order valence-corrected chi connectivity index (χ4v) is 3.83. The second kappa shape index (κ2) is 11.8. The van der Waals surface area contributed by atoms with E-state index in [9.17, 15) is 0 Å². The number of hydrogen-bond acceptors (Lipinski definition) is 6. The van der Waals surface area contributed by atoms with Crippen molar-refractivity contribution in [1.29, 1.82) is 0 Å². The van der Waals surface area contributed by atoms with E-state index < -0.39 is 0 Å². The molecular formula is C26H30N8. The smallest absolute Gasteiger partial charge is 0.151 e. The van der Waals surface area contributed by atoms with Gasteiger partial charge in [0.2, 0.25) is 0 Å². The number of aromatic nitrogens is 8. The summed E-state index contributed by atoms with van der Waals surface area (Å²) >= 11 is 0. The van der Waals surface area contributed by atoms with Gasteiger partial charge < -0.3 is 0 Å². The summed E-state index contributed by atoms with van der Waals surface area (Å²) in [4.78, 5) is 0. The molecule has 4 rings (SSSR count). The topological polar surface area (TPSA) is 87.2 Å². The van der Waals surface area contributed by atoms with Crippen LogP contribution in [0.3, 0.4) is 0 Å². The SMILES string of the molecule is C=Cc1ccc(Cn2nnnc2CCCCCCc2nnnn2Cc2ccc(C=C)cc2)cc1. The Hall–Kier alpha value is -3.94. The zero-order chi connectivity index (χ0) is 23.6. The van der Waals surface area contributed by atoms with Crippen molar-refractivity contribution in [3.63, 3.8) is 0 Å². The summed E-state index contributed by atoms with van der Waals surface area (Å²) < 4.78 is 3.78. The van der Waals surface area contributed by atoms with Crippen molar-refractivity contribution >= 4 is 12.2 Å². The van der Waals surface area contributed by atoms with E-state index in [2.05, 4.69) is 92.7 Å². The minimum atomic E-state index is 0.679. The molecule has 0 radical (unpaired) electrons. The van der Waals surface area contributed by atoms with E-state index in [1.165, 1.54) is 11.1 Å². The van der Waals surface area contributed by atoms with E-state index in [1.54, 1.807) is 0 Å². The Morgan fingerprint density at radius 2 is 1.00 bits per heavy atom. The van der Waals surface area contributed by atoms with Crippen LogP contribution in [-0.4, -0.2) is 40.4 Å². The van der Waals surface area contributed by atoms with Gasteiger partial charge >= 0.3 is 0 Å². The van der Waals surface area contributed by atoms with Crippen LogP contribution in [0.15, 0.2) is 61.7 Å². The molecule has 0 N–H and O–H groups in total. The molecule has 2 aromatic carbocycles. The van der Waals surface area contributed by atoms with Crippen LogP contribution in [0.1, 0.15) is 59.6 Å². The molecule has 0 saturated carbocycles. The predicted molar refractivity (Wildman–Crippen MR) is 133 cm³/mol. The lowest BCUT2D eigenvalue weighted by molar-refractivity contribution is 0.567. The fraction of sp³-hybridized carbons (Fsp3) is 0.308. The average molecular weight is 455 g/mol. The van der Waals surface area contributed by atoms with Crippen molar-refractivity contribution < 1.29 is 0 Å². The highest BCUT2D eigenvalue weighted by molar-refractivity contribution is 5.47. The maximum absolute atomic E-state index is 4.22. The summed E-state index contributed by atoms with van der Waals surface area (Å²) in [5.74, 6) is 1.86. The van der Waals surface area contributed by atoms with E-state index >= 15 is 0 Å². The van der Waals surface area contributed by atoms with E-state index in [0.717, 1.165) is 61.3 Å². The molecule has 0 amide bonds. The number of nitrogens with zero attached hydrogens (tertiary/aromatic N) is 8. The number of aryl methyl sites for hydroxylation is 2. The summed E-state index contributed by atoms with van der Waals surface area (Å²) in [6.07, 6.45) is 9.76. The van der Waals surface area contributed by atoms with Crippen molar-refractivity contribution in [1.82, 2.24) is 40.4 Å². The summed E-state index contributed by atoms with van der Waals surface area (Å²) in [6.45, 7) is 8.95. The highest BCUT2D eigenvalue weighted by atomic mass is 15.5. The molecule has 34 heavy (non-hydrogen) atoms. The molecule has 0 bridgehead atoms. The molecule has 4 aromatic rings. The molecule has 0 aliphatic carbocycles. The highest BCUT2D eigenvalue weighted by Gasteiger charge is 2.09. The van der Waals surface area contributed by atoms with Gasteiger partial charge in [-0.05, 0) is 55.9 Å². The summed E-state index contributed by atoms with van der Waals surface area (Å²) in [7, 11) is 0. The molecule has 0 spiro atoms. The van der Waals surface area contributed by atoms with Crippen LogP contribution in [0.25, 0.3) is 12.2 Å². The lowest BCUT2D eigenvalue weighted by atomic mass is 10.1. The van der Waals surface area contributed by atoms with Crippen molar-refractivity contribution in [2.24, 2.45) is 0 Å². The standard InChI is InChI=1S/C26H30N8/c1-3-21-11-15-23(16-12-21)19-33-25(27-29-31-33)9-7-5-6-8-10-26-28-30-32-34(26)20-24-17-13-22(4-2)14-18-24/h3-4,11-18H,1-2,5-10,19-20H2. The van der Waals surface area contributed by atoms with Gasteiger partial charge in [-0.2, -0.15) is 0 Å². The third kappa shape index (κ3) is 6.31. The first-order valence-corrected chi connectivity index (χ1v) is 11.7. The van der Waals surface area contributed by atoms with Gasteiger partial charge in [-0.3, -0.25) is 0 Å². The molecule has 8 heteroatoms. The van der Waals surface area contributed by atoms with Crippen LogP contribution in [0.4, 0.5) is 0 Å². The fourth-order valence-electron chi connectivity index (χ4n) is 3.83. The quantitative estimate of drug-likeness (QED) is 0.279. The zero-order valence-electron chi connectivity index (χ0n) is 19.4. The average Bonchev–Trinajstić information content (AvgIpc) is 3.51. The van der Waals surface area contributed by atoms with Gasteiger partial charge in [0.25, 0.3) is 0 Å². The van der Waals surface area contributed by atoms with Gasteiger partial charge in [-0.1, -0.05) is 86.7 Å². The molecular weight excluding hydrogens is 424 g/mol. The van der Waals surface area contributed by atoms with Crippen LogP contribution in [0, 0.1) is 0 Å². The highest BCUT2D eigenvalue weighted by Crippen LogP contribution is 2.12. The minimum Gasteiger partial charge on any atom is -0.225 e. The molecule has 0 aliphatic heterocycles. The van der Waals surface area contributed by atoms with Crippen LogP contribution in [0.5, 0.6) is 0 Å². The zero-order valence-corrected chi connectivity index (χ0v) is 19.4. The molecule has 8 nitrogen and oxygen atoms in total. The van der Waals surface area contributed by atoms with Crippen LogP contribution in [-0.2, 0) is 25.9 Å². The predicted octanol–water partition coefficient (Wildman–Crippen LogP) is 4.39. The first-order chi connectivity index (χ1) is 16.7. The number of tetrazole rings is 2. The Morgan fingerprint density at radius 3 is 1.38 bits per heavy atom. The van der Waals surface area contributed by atoms with E-state index in [4.69, 9.17) is 0 Å². The third-order valence-corrected chi connectivity index (χ3v) is 5.86. The lowest BCUT2D eigenvalue weighted by Gasteiger charge is -2.06. The monoisotopic (exact) mass is 454 g/mol. The maximum atomic E-state index is 4.22. The Bertz CT molecular complexity index is 1090. The second-order valence-corrected chi connectivity index (χ2v) is 8.31. The molecule has 0 unspecified atom stereocenters. The van der Waals surface area contributed by atoms with Crippen molar-refractivity contribution in [3.05, 3.63) is 95.6 Å². The molecule has 2 aromatic heterocycles. The van der Waals surface area contributed by atoms with Gasteiger partial charge in [0.1, 0.15) is 0 Å². The maximum Gasteiger partial charge on any atom is 0.151 e. The third-order valence-electron chi connectivity index (χ3n) is 5.86. The molecule has 0 aliphatic rings. The van der Waals surface area contributed by atoms with Crippen LogP contribution < -0.4 is 0 Å². The summed E-state index contributed by atoms with van der Waals surface area (Å²) in [6, 6.07) is 16.6.